The first-order chi connectivity index (χ1) is 16.7. The number of methoxy groups -OCH3 is 2. The average molecular weight is 515 g/mol. The smallest absolute Gasteiger partial charge is 0.305 e. The molecule has 9 nitrogen and oxygen atoms in total. The lowest BCUT2D eigenvalue weighted by Gasteiger charge is -2.23. The lowest BCUT2D eigenvalue weighted by atomic mass is 9.74. The van der Waals surface area contributed by atoms with E-state index in [9.17, 15) is 17.8 Å². The van der Waals surface area contributed by atoms with Gasteiger partial charge in [0, 0.05) is 31.6 Å². The van der Waals surface area contributed by atoms with Gasteiger partial charge >= 0.3 is 5.97 Å². The van der Waals surface area contributed by atoms with Gasteiger partial charge in [-0.25, -0.2) is 0 Å². The number of unbranched alkanes of at least 4 members (excludes halogenated alkanes) is 2. The average Bonchev–Trinajstić information content (AvgIpc) is 3.06. The van der Waals surface area contributed by atoms with Crippen LogP contribution in [0.4, 0.5) is 5.69 Å². The number of hydrogen-bond acceptors (Lipinski definition) is 7. The predicted molar refractivity (Wildman–Crippen MR) is 132 cm³/mol. The second-order valence-corrected chi connectivity index (χ2v) is 10.2. The summed E-state index contributed by atoms with van der Waals surface area (Å²) in [4.78, 5) is 11.3. The molecule has 0 radical (unpaired) electrons. The standard InChI is InChI=1S/C25H39NO8S/c1-5-23-25(2,12-8-6-7-9-24(27)32-4)21-19-20(35(28,29)30)10-11-22(21)26(23)13-14-33-17-18-34-16-15-31-3/h10-11,19H,5-9,12-18H2,1-4H3/p+1. The first-order valence-corrected chi connectivity index (χ1v) is 13.6. The van der Waals surface area contributed by atoms with Crippen LogP contribution in [0.2, 0.25) is 0 Å². The van der Waals surface area contributed by atoms with Crippen LogP contribution < -0.4 is 0 Å². The number of fused-ring (bicyclic) bond motifs is 1. The van der Waals surface area contributed by atoms with Crippen molar-refractivity contribution in [1.82, 2.24) is 0 Å². The molecule has 0 bridgehead atoms. The van der Waals surface area contributed by atoms with Gasteiger partial charge in [0.2, 0.25) is 5.69 Å². The van der Waals surface area contributed by atoms with Crippen LogP contribution in [0.15, 0.2) is 23.1 Å². The van der Waals surface area contributed by atoms with Gasteiger partial charge in [-0.1, -0.05) is 19.8 Å². The van der Waals surface area contributed by atoms with Gasteiger partial charge in [-0.2, -0.15) is 13.0 Å². The SMILES string of the molecule is CCC1=[N+](CCOCCOCCOC)c2ccc(S(=O)(=O)O)cc2C1(C)CCCCCC(=O)OC. The van der Waals surface area contributed by atoms with Crippen molar-refractivity contribution in [1.29, 1.82) is 0 Å². The molecule has 1 aromatic rings. The van der Waals surface area contributed by atoms with Crippen molar-refractivity contribution in [3.8, 4) is 0 Å². The highest BCUT2D eigenvalue weighted by Gasteiger charge is 2.47. The molecular formula is C25H40NO8S+. The summed E-state index contributed by atoms with van der Waals surface area (Å²) in [5.41, 5.74) is 2.62. The van der Waals surface area contributed by atoms with Crippen molar-refractivity contribution >= 4 is 27.5 Å². The van der Waals surface area contributed by atoms with Crippen LogP contribution in [0, 0.1) is 0 Å². The lowest BCUT2D eigenvalue weighted by molar-refractivity contribution is -0.444. The van der Waals surface area contributed by atoms with E-state index >= 15 is 0 Å². The molecule has 1 aromatic carbocycles. The van der Waals surface area contributed by atoms with Gasteiger partial charge < -0.3 is 18.9 Å². The Hall–Kier alpha value is -1.85. The molecule has 35 heavy (non-hydrogen) atoms. The molecule has 1 N–H and O–H groups in total. The number of ether oxygens (including phenoxy) is 4. The third-order valence-electron chi connectivity index (χ3n) is 6.50. The number of rotatable bonds is 17. The van der Waals surface area contributed by atoms with Crippen LogP contribution in [0.3, 0.4) is 0 Å². The van der Waals surface area contributed by atoms with Crippen LogP contribution >= 0.6 is 0 Å². The van der Waals surface area contributed by atoms with E-state index in [1.54, 1.807) is 19.2 Å². The van der Waals surface area contributed by atoms with Crippen LogP contribution in [0.5, 0.6) is 0 Å². The van der Waals surface area contributed by atoms with Crippen molar-refractivity contribution in [2.75, 3.05) is 53.8 Å². The van der Waals surface area contributed by atoms with Crippen molar-refractivity contribution in [3.05, 3.63) is 23.8 Å². The molecule has 1 aliphatic heterocycles. The van der Waals surface area contributed by atoms with Crippen LogP contribution in [0.25, 0.3) is 0 Å². The minimum atomic E-state index is -4.32. The Balaban J connectivity index is 2.17. The molecule has 1 unspecified atom stereocenters. The number of carbonyl (C=O) groups excluding carboxylic acids is 1. The first kappa shape index (κ1) is 29.4. The third-order valence-corrected chi connectivity index (χ3v) is 7.35. The Labute approximate surface area is 209 Å². The molecule has 198 valence electrons. The van der Waals surface area contributed by atoms with Gasteiger partial charge in [-0.05, 0) is 31.9 Å². The normalized spacial score (nSPS) is 17.6. The fourth-order valence-corrected chi connectivity index (χ4v) is 5.22. The van der Waals surface area contributed by atoms with E-state index in [0.717, 1.165) is 43.4 Å². The maximum absolute atomic E-state index is 11.9. The van der Waals surface area contributed by atoms with E-state index in [1.807, 2.05) is 0 Å². The van der Waals surface area contributed by atoms with Gasteiger partial charge in [-0.3, -0.25) is 9.35 Å². The summed E-state index contributed by atoms with van der Waals surface area (Å²) in [6, 6.07) is 4.81. The molecular weight excluding hydrogens is 474 g/mol. The highest BCUT2D eigenvalue weighted by Crippen LogP contribution is 2.44. The number of hydrogen-bond donors (Lipinski definition) is 1. The lowest BCUT2D eigenvalue weighted by Crippen LogP contribution is -2.33. The van der Waals surface area contributed by atoms with Crippen molar-refractivity contribution in [2.24, 2.45) is 0 Å². The first-order valence-electron chi connectivity index (χ1n) is 12.2. The summed E-state index contributed by atoms with van der Waals surface area (Å²) in [6.45, 7) is 7.38. The largest absolute Gasteiger partial charge is 0.469 e. The molecule has 0 spiro atoms. The molecule has 0 aromatic heterocycles. The molecule has 0 amide bonds. The quantitative estimate of drug-likeness (QED) is 0.146. The highest BCUT2D eigenvalue weighted by molar-refractivity contribution is 7.85. The minimum absolute atomic E-state index is 0.102. The number of benzene rings is 1. The molecule has 0 aliphatic carbocycles. The molecule has 2 rings (SSSR count). The van der Waals surface area contributed by atoms with Gasteiger partial charge in [0.15, 0.2) is 12.3 Å². The van der Waals surface area contributed by atoms with Gasteiger partial charge in [0.05, 0.1) is 43.8 Å². The van der Waals surface area contributed by atoms with Gasteiger partial charge in [0.1, 0.15) is 6.61 Å². The second kappa shape index (κ2) is 14.0. The summed E-state index contributed by atoms with van der Waals surface area (Å²) in [5, 5.41) is 0. The van der Waals surface area contributed by atoms with Gasteiger partial charge in [0.25, 0.3) is 10.1 Å². The summed E-state index contributed by atoms with van der Waals surface area (Å²) in [5.74, 6) is -0.212. The molecule has 1 heterocycles. The van der Waals surface area contributed by atoms with E-state index in [0.29, 0.717) is 46.0 Å². The van der Waals surface area contributed by atoms with Crippen molar-refractivity contribution < 1.29 is 41.3 Å². The van der Waals surface area contributed by atoms with E-state index in [4.69, 9.17) is 18.9 Å². The highest BCUT2D eigenvalue weighted by atomic mass is 32.2. The molecule has 10 heteroatoms. The van der Waals surface area contributed by atoms with Gasteiger partial charge in [-0.15, -0.1) is 0 Å². The second-order valence-electron chi connectivity index (χ2n) is 8.79. The Morgan fingerprint density at radius 2 is 1.71 bits per heavy atom. The van der Waals surface area contributed by atoms with E-state index < -0.39 is 10.1 Å². The summed E-state index contributed by atoms with van der Waals surface area (Å²) >= 11 is 0. The zero-order chi connectivity index (χ0) is 25.9. The fourth-order valence-electron chi connectivity index (χ4n) is 4.71. The predicted octanol–water partition coefficient (Wildman–Crippen LogP) is 3.50. The topological polar surface area (TPSA) is 111 Å². The molecule has 1 atom stereocenters. The van der Waals surface area contributed by atoms with Crippen molar-refractivity contribution in [3.63, 3.8) is 0 Å². The van der Waals surface area contributed by atoms with E-state index in [-0.39, 0.29) is 16.3 Å². The van der Waals surface area contributed by atoms with Crippen LogP contribution in [0.1, 0.15) is 57.9 Å². The number of carbonyl (C=O) groups is 1. The fraction of sp³-hybridized carbons (Fsp3) is 0.680. The number of esters is 1. The molecule has 0 saturated carbocycles. The summed E-state index contributed by atoms with van der Waals surface area (Å²) < 4.78 is 56.4. The Kier molecular flexibility index (Phi) is 11.8. The van der Waals surface area contributed by atoms with Crippen molar-refractivity contribution in [2.45, 2.75) is 62.7 Å². The van der Waals surface area contributed by atoms with E-state index in [1.165, 1.54) is 18.9 Å². The molecule has 1 aliphatic rings. The molecule has 0 fully saturated rings. The maximum Gasteiger partial charge on any atom is 0.305 e. The maximum atomic E-state index is 11.9. The zero-order valence-corrected chi connectivity index (χ0v) is 22.2. The summed E-state index contributed by atoms with van der Waals surface area (Å²) in [7, 11) is -1.30. The van der Waals surface area contributed by atoms with E-state index in [2.05, 4.69) is 18.4 Å². The Morgan fingerprint density at radius 3 is 2.34 bits per heavy atom. The van der Waals surface area contributed by atoms with Crippen LogP contribution in [-0.2, 0) is 39.3 Å². The third kappa shape index (κ3) is 8.08. The summed E-state index contributed by atoms with van der Waals surface area (Å²) in [6.07, 6.45) is 4.45. The zero-order valence-electron chi connectivity index (χ0n) is 21.4. The monoisotopic (exact) mass is 514 g/mol. The number of nitrogens with zero attached hydrogens (tertiary/aromatic N) is 1. The van der Waals surface area contributed by atoms with Crippen LogP contribution in [-0.4, -0.2) is 83.0 Å². The Bertz CT molecular complexity index is 976. The minimum Gasteiger partial charge on any atom is -0.469 e. The molecule has 0 saturated heterocycles. The Morgan fingerprint density at radius 1 is 1.03 bits per heavy atom.